The summed E-state index contributed by atoms with van der Waals surface area (Å²) in [6, 6.07) is 4.91. The molecule has 20 heavy (non-hydrogen) atoms. The SMILES string of the molecule is COC(=O)C1(Cl)OC1(C)c1ccc(OC(F)(F)F)cc1. The number of hydrogen-bond donors (Lipinski definition) is 0. The summed E-state index contributed by atoms with van der Waals surface area (Å²) in [5.74, 6) is -1.14. The number of ether oxygens (including phenoxy) is 3. The number of esters is 1. The summed E-state index contributed by atoms with van der Waals surface area (Å²) in [4.78, 5) is 11.5. The van der Waals surface area contributed by atoms with Gasteiger partial charge in [0, 0.05) is 0 Å². The molecule has 8 heteroatoms. The average molecular weight is 311 g/mol. The van der Waals surface area contributed by atoms with Crippen LogP contribution in [0.2, 0.25) is 0 Å². The third-order valence-electron chi connectivity index (χ3n) is 3.00. The van der Waals surface area contributed by atoms with E-state index in [1.807, 2.05) is 0 Å². The van der Waals surface area contributed by atoms with Gasteiger partial charge in [-0.2, -0.15) is 0 Å². The molecule has 1 aromatic carbocycles. The molecule has 110 valence electrons. The second kappa shape index (κ2) is 4.53. The second-order valence-corrected chi connectivity index (χ2v) is 4.83. The van der Waals surface area contributed by atoms with Crippen LogP contribution in [0.3, 0.4) is 0 Å². The molecule has 1 fully saturated rings. The molecular formula is C12H10ClF3O4. The van der Waals surface area contributed by atoms with Crippen molar-refractivity contribution in [1.82, 2.24) is 0 Å². The number of alkyl halides is 4. The zero-order valence-electron chi connectivity index (χ0n) is 10.5. The Kier molecular flexibility index (Phi) is 3.38. The van der Waals surface area contributed by atoms with Crippen LogP contribution in [0.4, 0.5) is 13.2 Å². The van der Waals surface area contributed by atoms with Crippen LogP contribution in [-0.4, -0.2) is 24.5 Å². The monoisotopic (exact) mass is 310 g/mol. The minimum atomic E-state index is -4.76. The summed E-state index contributed by atoms with van der Waals surface area (Å²) in [5.41, 5.74) is -0.717. The van der Waals surface area contributed by atoms with Gasteiger partial charge in [0.25, 0.3) is 5.06 Å². The maximum absolute atomic E-state index is 12.0. The molecule has 0 aliphatic carbocycles. The Bertz CT molecular complexity index is 530. The first-order valence-corrected chi connectivity index (χ1v) is 5.84. The number of epoxide rings is 1. The molecule has 0 aromatic heterocycles. The summed E-state index contributed by atoms with van der Waals surface area (Å²) in [7, 11) is 1.16. The van der Waals surface area contributed by atoms with Gasteiger partial charge in [0.15, 0.2) is 0 Å². The van der Waals surface area contributed by atoms with Gasteiger partial charge in [-0.25, -0.2) is 4.79 Å². The molecule has 4 nitrogen and oxygen atoms in total. The molecular weight excluding hydrogens is 301 g/mol. The van der Waals surface area contributed by atoms with Crippen molar-refractivity contribution in [2.45, 2.75) is 23.9 Å². The van der Waals surface area contributed by atoms with Crippen molar-refractivity contribution in [1.29, 1.82) is 0 Å². The van der Waals surface area contributed by atoms with E-state index in [4.69, 9.17) is 16.3 Å². The molecule has 2 atom stereocenters. The van der Waals surface area contributed by atoms with Gasteiger partial charge in [-0.1, -0.05) is 23.7 Å². The van der Waals surface area contributed by atoms with Crippen LogP contribution in [-0.2, 0) is 19.9 Å². The number of carbonyl (C=O) groups excluding carboxylic acids is 1. The third kappa shape index (κ3) is 2.43. The molecule has 0 saturated carbocycles. The van der Waals surface area contributed by atoms with Gasteiger partial charge in [-0.3, -0.25) is 0 Å². The van der Waals surface area contributed by atoms with Crippen LogP contribution in [0.5, 0.6) is 5.75 Å². The average Bonchev–Trinajstić information content (AvgIpc) is 2.92. The lowest BCUT2D eigenvalue weighted by molar-refractivity contribution is -0.274. The maximum atomic E-state index is 12.0. The quantitative estimate of drug-likeness (QED) is 0.489. The maximum Gasteiger partial charge on any atom is 0.573 e. The summed E-state index contributed by atoms with van der Waals surface area (Å²) < 4.78 is 49.6. The molecule has 2 unspecified atom stereocenters. The molecule has 1 heterocycles. The summed E-state index contributed by atoms with van der Waals surface area (Å²) in [6.45, 7) is 1.54. The van der Waals surface area contributed by atoms with Gasteiger partial charge < -0.3 is 14.2 Å². The number of rotatable bonds is 3. The molecule has 1 saturated heterocycles. The van der Waals surface area contributed by atoms with Gasteiger partial charge in [0.1, 0.15) is 11.4 Å². The fraction of sp³-hybridized carbons (Fsp3) is 0.417. The Morgan fingerprint density at radius 1 is 1.30 bits per heavy atom. The van der Waals surface area contributed by atoms with Crippen molar-refractivity contribution < 1.29 is 32.2 Å². The van der Waals surface area contributed by atoms with Gasteiger partial charge in [-0.15, -0.1) is 13.2 Å². The van der Waals surface area contributed by atoms with Gasteiger partial charge >= 0.3 is 12.3 Å². The van der Waals surface area contributed by atoms with Crippen molar-refractivity contribution in [3.63, 3.8) is 0 Å². The van der Waals surface area contributed by atoms with Gasteiger partial charge in [0.2, 0.25) is 0 Å². The fourth-order valence-corrected chi connectivity index (χ4v) is 2.18. The van der Waals surface area contributed by atoms with Gasteiger partial charge in [0.05, 0.1) is 7.11 Å². The molecule has 1 aliphatic rings. The second-order valence-electron chi connectivity index (χ2n) is 4.29. The van der Waals surface area contributed by atoms with Crippen LogP contribution in [0, 0.1) is 0 Å². The summed E-state index contributed by atoms with van der Waals surface area (Å²) in [6.07, 6.45) is -4.76. The number of methoxy groups -OCH3 is 1. The van der Waals surface area contributed by atoms with Crippen LogP contribution in [0.1, 0.15) is 12.5 Å². The van der Waals surface area contributed by atoms with E-state index in [0.29, 0.717) is 5.56 Å². The standard InChI is InChI=1S/C12H10ClF3O4/c1-10(11(13,20-10)9(17)18-2)7-3-5-8(6-4-7)19-12(14,15)16/h3-6H,1-2H3. The van der Waals surface area contributed by atoms with E-state index in [-0.39, 0.29) is 5.75 Å². The Balaban J connectivity index is 2.18. The highest BCUT2D eigenvalue weighted by atomic mass is 35.5. The van der Waals surface area contributed by atoms with Crippen molar-refractivity contribution in [3.8, 4) is 5.75 Å². The van der Waals surface area contributed by atoms with E-state index in [1.54, 1.807) is 0 Å². The molecule has 0 N–H and O–H groups in total. The van der Waals surface area contributed by atoms with E-state index in [9.17, 15) is 18.0 Å². The minimum absolute atomic E-state index is 0.372. The highest BCUT2D eigenvalue weighted by Gasteiger charge is 2.73. The Morgan fingerprint density at radius 2 is 1.85 bits per heavy atom. The molecule has 0 bridgehead atoms. The van der Waals surface area contributed by atoms with Crippen LogP contribution in [0.15, 0.2) is 24.3 Å². The number of halogens is 4. The first-order valence-electron chi connectivity index (χ1n) is 5.46. The predicted molar refractivity (Wildman–Crippen MR) is 62.2 cm³/mol. The Morgan fingerprint density at radius 3 is 2.30 bits per heavy atom. The van der Waals surface area contributed by atoms with E-state index in [1.165, 1.54) is 19.1 Å². The molecule has 1 aromatic rings. The highest BCUT2D eigenvalue weighted by molar-refractivity contribution is 6.35. The van der Waals surface area contributed by atoms with E-state index < -0.39 is 23.0 Å². The van der Waals surface area contributed by atoms with Crippen LogP contribution < -0.4 is 4.74 Å². The first kappa shape index (κ1) is 14.9. The van der Waals surface area contributed by atoms with Crippen molar-refractivity contribution in [3.05, 3.63) is 29.8 Å². The smallest absolute Gasteiger partial charge is 0.466 e. The van der Waals surface area contributed by atoms with Crippen molar-refractivity contribution >= 4 is 17.6 Å². The first-order chi connectivity index (χ1) is 9.12. The Hall–Kier alpha value is -1.47. The number of carbonyl (C=O) groups is 1. The lowest BCUT2D eigenvalue weighted by Crippen LogP contribution is -2.26. The van der Waals surface area contributed by atoms with Crippen LogP contribution >= 0.6 is 11.6 Å². The van der Waals surface area contributed by atoms with E-state index >= 15 is 0 Å². The normalized spacial score (nSPS) is 28.9. The third-order valence-corrected chi connectivity index (χ3v) is 3.60. The lowest BCUT2D eigenvalue weighted by atomic mass is 9.97. The molecule has 0 radical (unpaired) electrons. The van der Waals surface area contributed by atoms with Gasteiger partial charge in [-0.05, 0) is 24.6 Å². The van der Waals surface area contributed by atoms with Crippen molar-refractivity contribution in [2.24, 2.45) is 0 Å². The van der Waals surface area contributed by atoms with E-state index in [2.05, 4.69) is 9.47 Å². The lowest BCUT2D eigenvalue weighted by Gasteiger charge is -2.12. The van der Waals surface area contributed by atoms with Crippen molar-refractivity contribution in [2.75, 3.05) is 7.11 Å². The van der Waals surface area contributed by atoms with Crippen LogP contribution in [0.25, 0.3) is 0 Å². The zero-order valence-corrected chi connectivity index (χ0v) is 11.2. The molecule has 0 spiro atoms. The number of benzene rings is 1. The Labute approximate surface area is 117 Å². The molecule has 0 amide bonds. The summed E-state index contributed by atoms with van der Waals surface area (Å²) >= 11 is 5.97. The molecule has 2 rings (SSSR count). The zero-order chi connectivity index (χ0) is 15.2. The van der Waals surface area contributed by atoms with E-state index in [0.717, 1.165) is 19.2 Å². The largest absolute Gasteiger partial charge is 0.573 e. The predicted octanol–water partition coefficient (Wildman–Crippen LogP) is 2.94. The highest BCUT2D eigenvalue weighted by Crippen LogP contribution is 2.59. The fourth-order valence-electron chi connectivity index (χ4n) is 1.84. The summed E-state index contributed by atoms with van der Waals surface area (Å²) in [5, 5.41) is -1.66. The topological polar surface area (TPSA) is 48.1 Å². The molecule has 1 aliphatic heterocycles. The number of hydrogen-bond acceptors (Lipinski definition) is 4. The minimum Gasteiger partial charge on any atom is -0.466 e.